The van der Waals surface area contributed by atoms with E-state index in [1.807, 2.05) is 13.0 Å². The van der Waals surface area contributed by atoms with E-state index in [9.17, 15) is 15.0 Å². The van der Waals surface area contributed by atoms with Gasteiger partial charge in [-0.05, 0) is 65.0 Å². The van der Waals surface area contributed by atoms with Crippen molar-refractivity contribution in [1.82, 2.24) is 0 Å². The van der Waals surface area contributed by atoms with E-state index in [0.717, 1.165) is 12.8 Å². The second-order valence-corrected chi connectivity index (χ2v) is 6.03. The first kappa shape index (κ1) is 18.0. The molecule has 0 saturated heterocycles. The fourth-order valence-corrected chi connectivity index (χ4v) is 2.36. The SMILES string of the molecule is CC(C)=CCC/C(C)=C/Cc1c(O)c(C)c(C)c(C=O)c1O. The molecule has 0 spiro atoms. The van der Waals surface area contributed by atoms with Crippen molar-refractivity contribution in [2.24, 2.45) is 0 Å². The van der Waals surface area contributed by atoms with E-state index in [1.165, 1.54) is 11.1 Å². The zero-order valence-electron chi connectivity index (χ0n) is 14.2. The molecule has 120 valence electrons. The summed E-state index contributed by atoms with van der Waals surface area (Å²) in [6, 6.07) is 0. The molecule has 0 aromatic heterocycles. The first-order chi connectivity index (χ1) is 10.3. The first-order valence-corrected chi connectivity index (χ1v) is 7.57. The summed E-state index contributed by atoms with van der Waals surface area (Å²) in [7, 11) is 0. The number of aromatic hydroxyl groups is 2. The molecular formula is C19H26O3. The Morgan fingerprint density at radius 1 is 1.00 bits per heavy atom. The summed E-state index contributed by atoms with van der Waals surface area (Å²) in [6.45, 7) is 9.67. The van der Waals surface area contributed by atoms with Gasteiger partial charge in [0, 0.05) is 5.56 Å². The molecule has 0 aliphatic heterocycles. The molecule has 2 N–H and O–H groups in total. The van der Waals surface area contributed by atoms with Crippen LogP contribution in [0.15, 0.2) is 23.3 Å². The maximum absolute atomic E-state index is 11.1. The second kappa shape index (κ2) is 7.83. The minimum Gasteiger partial charge on any atom is -0.507 e. The Morgan fingerprint density at radius 2 is 1.64 bits per heavy atom. The van der Waals surface area contributed by atoms with Crippen LogP contribution in [0.2, 0.25) is 0 Å². The molecule has 0 bridgehead atoms. The fourth-order valence-electron chi connectivity index (χ4n) is 2.36. The predicted molar refractivity (Wildman–Crippen MR) is 90.8 cm³/mol. The minimum atomic E-state index is -0.107. The van der Waals surface area contributed by atoms with Gasteiger partial charge in [-0.3, -0.25) is 4.79 Å². The smallest absolute Gasteiger partial charge is 0.154 e. The van der Waals surface area contributed by atoms with Gasteiger partial charge in [-0.2, -0.15) is 0 Å². The monoisotopic (exact) mass is 302 g/mol. The summed E-state index contributed by atoms with van der Waals surface area (Å²) < 4.78 is 0. The Kier molecular flexibility index (Phi) is 6.41. The molecule has 0 atom stereocenters. The molecule has 1 rings (SSSR count). The zero-order valence-corrected chi connectivity index (χ0v) is 14.2. The van der Waals surface area contributed by atoms with Crippen molar-refractivity contribution in [3.05, 3.63) is 45.6 Å². The van der Waals surface area contributed by atoms with Crippen LogP contribution in [0.1, 0.15) is 60.7 Å². The number of carbonyl (C=O) groups excluding carboxylic acids is 1. The molecule has 1 aromatic rings. The number of carbonyl (C=O) groups is 1. The summed E-state index contributed by atoms with van der Waals surface area (Å²) in [5, 5.41) is 20.4. The molecular weight excluding hydrogens is 276 g/mol. The highest BCUT2D eigenvalue weighted by atomic mass is 16.3. The molecule has 1 aromatic carbocycles. The van der Waals surface area contributed by atoms with Crippen molar-refractivity contribution in [1.29, 1.82) is 0 Å². The van der Waals surface area contributed by atoms with Crippen LogP contribution in [0.25, 0.3) is 0 Å². The molecule has 0 radical (unpaired) electrons. The number of rotatable bonds is 6. The van der Waals surface area contributed by atoms with Crippen LogP contribution in [0.5, 0.6) is 11.5 Å². The van der Waals surface area contributed by atoms with Crippen molar-refractivity contribution in [3.63, 3.8) is 0 Å². The third-order valence-corrected chi connectivity index (χ3v) is 4.01. The van der Waals surface area contributed by atoms with Gasteiger partial charge in [0.15, 0.2) is 6.29 Å². The Morgan fingerprint density at radius 3 is 2.18 bits per heavy atom. The number of phenolic OH excluding ortho intramolecular Hbond substituents is 2. The lowest BCUT2D eigenvalue weighted by Gasteiger charge is -2.14. The van der Waals surface area contributed by atoms with Crippen molar-refractivity contribution < 1.29 is 15.0 Å². The highest BCUT2D eigenvalue weighted by molar-refractivity contribution is 5.84. The summed E-state index contributed by atoms with van der Waals surface area (Å²) in [4.78, 5) is 11.1. The van der Waals surface area contributed by atoms with Gasteiger partial charge >= 0.3 is 0 Å². The van der Waals surface area contributed by atoms with Gasteiger partial charge < -0.3 is 10.2 Å². The lowest BCUT2D eigenvalue weighted by Crippen LogP contribution is -1.98. The Bertz CT molecular complexity index is 618. The average Bonchev–Trinajstić information content (AvgIpc) is 2.45. The highest BCUT2D eigenvalue weighted by Crippen LogP contribution is 2.37. The predicted octanol–water partition coefficient (Wildman–Crippen LogP) is 4.76. The molecule has 0 heterocycles. The third-order valence-electron chi connectivity index (χ3n) is 4.01. The quantitative estimate of drug-likeness (QED) is 0.588. The molecule has 0 amide bonds. The number of hydrogen-bond donors (Lipinski definition) is 2. The van der Waals surface area contributed by atoms with Crippen LogP contribution in [-0.2, 0) is 6.42 Å². The van der Waals surface area contributed by atoms with Crippen molar-refractivity contribution in [3.8, 4) is 11.5 Å². The number of hydrogen-bond acceptors (Lipinski definition) is 3. The summed E-state index contributed by atoms with van der Waals surface area (Å²) in [6.07, 6.45) is 7.17. The van der Waals surface area contributed by atoms with Crippen molar-refractivity contribution in [2.45, 2.75) is 53.9 Å². The maximum atomic E-state index is 11.1. The molecule has 0 fully saturated rings. The third kappa shape index (κ3) is 4.23. The van der Waals surface area contributed by atoms with E-state index >= 15 is 0 Å². The lowest BCUT2D eigenvalue weighted by atomic mass is 9.95. The van der Waals surface area contributed by atoms with Gasteiger partial charge in [0.2, 0.25) is 0 Å². The topological polar surface area (TPSA) is 57.5 Å². The van der Waals surface area contributed by atoms with Crippen molar-refractivity contribution >= 4 is 6.29 Å². The van der Waals surface area contributed by atoms with E-state index in [0.29, 0.717) is 29.4 Å². The van der Waals surface area contributed by atoms with E-state index in [2.05, 4.69) is 19.9 Å². The van der Waals surface area contributed by atoms with Crippen LogP contribution in [0.4, 0.5) is 0 Å². The van der Waals surface area contributed by atoms with Crippen LogP contribution < -0.4 is 0 Å². The summed E-state index contributed by atoms with van der Waals surface area (Å²) in [5.74, 6) is -0.0297. The van der Waals surface area contributed by atoms with Gasteiger partial charge in [-0.25, -0.2) is 0 Å². The van der Waals surface area contributed by atoms with Gasteiger partial charge in [0.05, 0.1) is 5.56 Å². The average molecular weight is 302 g/mol. The number of benzene rings is 1. The van der Waals surface area contributed by atoms with E-state index in [-0.39, 0.29) is 17.1 Å². The standard InChI is InChI=1S/C19H26O3/c1-12(2)7-6-8-13(3)9-10-16-18(21)15(5)14(4)17(11-20)19(16)22/h7,9,11,21-22H,6,8,10H2,1-5H3/b13-9+. The van der Waals surface area contributed by atoms with Gasteiger partial charge in [0.25, 0.3) is 0 Å². The number of phenols is 2. The Labute approximate surface area is 133 Å². The molecule has 0 aliphatic rings. The highest BCUT2D eigenvalue weighted by Gasteiger charge is 2.17. The molecule has 0 aliphatic carbocycles. The molecule has 0 unspecified atom stereocenters. The lowest BCUT2D eigenvalue weighted by molar-refractivity contribution is 0.112. The van der Waals surface area contributed by atoms with Crippen molar-refractivity contribution in [2.75, 3.05) is 0 Å². The van der Waals surface area contributed by atoms with Crippen LogP contribution in [0, 0.1) is 13.8 Å². The number of allylic oxidation sites excluding steroid dienone is 4. The molecule has 0 saturated carbocycles. The largest absolute Gasteiger partial charge is 0.507 e. The van der Waals surface area contributed by atoms with Gasteiger partial charge in [0.1, 0.15) is 11.5 Å². The Hall–Kier alpha value is -2.03. The minimum absolute atomic E-state index is 0.0777. The molecule has 22 heavy (non-hydrogen) atoms. The number of aldehydes is 1. The fraction of sp³-hybridized carbons (Fsp3) is 0.421. The summed E-state index contributed by atoms with van der Waals surface area (Å²) in [5.41, 5.74) is 4.45. The molecule has 3 heteroatoms. The molecule has 3 nitrogen and oxygen atoms in total. The van der Waals surface area contributed by atoms with Crippen LogP contribution in [0.3, 0.4) is 0 Å². The first-order valence-electron chi connectivity index (χ1n) is 7.57. The zero-order chi connectivity index (χ0) is 16.9. The maximum Gasteiger partial charge on any atom is 0.154 e. The van der Waals surface area contributed by atoms with E-state index in [4.69, 9.17) is 0 Å². The van der Waals surface area contributed by atoms with Gasteiger partial charge in [-0.15, -0.1) is 0 Å². The van der Waals surface area contributed by atoms with Crippen LogP contribution >= 0.6 is 0 Å². The van der Waals surface area contributed by atoms with Crippen LogP contribution in [-0.4, -0.2) is 16.5 Å². The van der Waals surface area contributed by atoms with E-state index in [1.54, 1.807) is 13.8 Å². The normalized spacial score (nSPS) is 11.4. The van der Waals surface area contributed by atoms with E-state index < -0.39 is 0 Å². The van der Waals surface area contributed by atoms with Gasteiger partial charge in [-0.1, -0.05) is 23.3 Å². The summed E-state index contributed by atoms with van der Waals surface area (Å²) >= 11 is 0. The second-order valence-electron chi connectivity index (χ2n) is 6.03. The Balaban J connectivity index is 3.01.